The molecule has 0 aliphatic rings. The minimum atomic E-state index is -4.38. The van der Waals surface area contributed by atoms with Gasteiger partial charge in [-0.2, -0.15) is 13.2 Å². The number of alkyl halides is 3. The van der Waals surface area contributed by atoms with E-state index >= 15 is 0 Å². The van der Waals surface area contributed by atoms with Gasteiger partial charge in [0.1, 0.15) is 0 Å². The summed E-state index contributed by atoms with van der Waals surface area (Å²) in [4.78, 5) is 4.94. The molecule has 0 saturated heterocycles. The van der Waals surface area contributed by atoms with Crippen LogP contribution in [-0.2, 0) is 6.18 Å². The number of nitrogens with zero attached hydrogens (tertiary/aromatic N) is 1. The normalized spacial score (nSPS) is 13.5. The van der Waals surface area contributed by atoms with Crippen molar-refractivity contribution >= 4 is 11.3 Å². The van der Waals surface area contributed by atoms with Crippen LogP contribution in [0.4, 0.5) is 13.2 Å². The Morgan fingerprint density at radius 1 is 1.37 bits per heavy atom. The fourth-order valence-electron chi connectivity index (χ4n) is 1.71. The fraction of sp³-hybridized carbons (Fsp3) is 0.250. The van der Waals surface area contributed by atoms with Crippen LogP contribution >= 0.6 is 11.3 Å². The van der Waals surface area contributed by atoms with Gasteiger partial charge in [0.25, 0.3) is 0 Å². The number of rotatable bonds is 3. The number of aromatic nitrogens is 1. The summed E-state index contributed by atoms with van der Waals surface area (Å²) in [6, 6.07) is 3.85. The van der Waals surface area contributed by atoms with E-state index in [1.165, 1.54) is 6.07 Å². The number of thiophene rings is 1. The Bertz CT molecular complexity index is 548. The number of pyridine rings is 1. The Kier molecular flexibility index (Phi) is 3.88. The van der Waals surface area contributed by atoms with Gasteiger partial charge in [0.05, 0.1) is 17.3 Å². The summed E-state index contributed by atoms with van der Waals surface area (Å²) in [6.45, 7) is 1.95. The molecule has 0 aliphatic heterocycles. The van der Waals surface area contributed by atoms with Crippen LogP contribution in [0.25, 0.3) is 0 Å². The Morgan fingerprint density at radius 2 is 2.11 bits per heavy atom. The monoisotopic (exact) mass is 287 g/mol. The zero-order valence-electron chi connectivity index (χ0n) is 10.0. The zero-order chi connectivity index (χ0) is 14.0. The number of hydrogen-bond donors (Lipinski definition) is 2. The third-order valence-electron chi connectivity index (χ3n) is 2.66. The average molecular weight is 287 g/mol. The fourth-order valence-corrected chi connectivity index (χ4v) is 2.44. The lowest BCUT2D eigenvalue weighted by Crippen LogP contribution is -2.29. The molecule has 2 rings (SSSR count). The smallest absolute Gasteiger partial charge is 0.271 e. The molecule has 2 aromatic heterocycles. The highest BCUT2D eigenvalue weighted by atomic mass is 32.1. The van der Waals surface area contributed by atoms with Crippen LogP contribution in [0.5, 0.6) is 0 Å². The summed E-state index contributed by atoms with van der Waals surface area (Å²) >= 11 is 1.55. The number of nitrogens with one attached hydrogen (secondary N) is 1. The van der Waals surface area contributed by atoms with E-state index in [1.807, 2.05) is 18.4 Å². The van der Waals surface area contributed by atoms with Crippen LogP contribution in [-0.4, -0.2) is 4.98 Å². The van der Waals surface area contributed by atoms with Gasteiger partial charge >= 0.3 is 6.18 Å². The second-order valence-corrected chi connectivity index (χ2v) is 5.18. The second-order valence-electron chi connectivity index (χ2n) is 4.06. The first-order chi connectivity index (χ1) is 8.91. The molecular weight excluding hydrogens is 275 g/mol. The lowest BCUT2D eigenvalue weighted by molar-refractivity contribution is -0.137. The summed E-state index contributed by atoms with van der Waals surface area (Å²) in [5.74, 6) is 5.46. The van der Waals surface area contributed by atoms with Crippen molar-refractivity contribution < 1.29 is 13.2 Å². The molecule has 3 N–H and O–H groups in total. The zero-order valence-corrected chi connectivity index (χ0v) is 10.8. The number of hydrazine groups is 1. The maximum absolute atomic E-state index is 12.5. The Hall–Kier alpha value is -1.44. The van der Waals surface area contributed by atoms with E-state index in [4.69, 9.17) is 5.84 Å². The van der Waals surface area contributed by atoms with E-state index in [1.54, 1.807) is 11.3 Å². The third-order valence-corrected chi connectivity index (χ3v) is 3.54. The summed E-state index contributed by atoms with van der Waals surface area (Å²) in [5.41, 5.74) is 3.14. The highest BCUT2D eigenvalue weighted by molar-refractivity contribution is 7.10. The van der Waals surface area contributed by atoms with E-state index in [-0.39, 0.29) is 0 Å². The molecule has 0 bridgehead atoms. The van der Waals surface area contributed by atoms with Crippen molar-refractivity contribution in [3.63, 3.8) is 0 Å². The maximum atomic E-state index is 12.5. The molecule has 7 heteroatoms. The van der Waals surface area contributed by atoms with Crippen LogP contribution in [0, 0.1) is 6.92 Å². The van der Waals surface area contributed by atoms with Crippen molar-refractivity contribution in [2.24, 2.45) is 5.84 Å². The first kappa shape index (κ1) is 14.0. The topological polar surface area (TPSA) is 50.9 Å². The Balaban J connectivity index is 2.30. The molecule has 1 unspecified atom stereocenters. The van der Waals surface area contributed by atoms with Crippen molar-refractivity contribution in [2.75, 3.05) is 0 Å². The molecule has 0 fully saturated rings. The minimum Gasteiger partial charge on any atom is -0.271 e. The summed E-state index contributed by atoms with van der Waals surface area (Å²) in [5, 5.41) is 1.90. The predicted molar refractivity (Wildman–Crippen MR) is 67.5 cm³/mol. The van der Waals surface area contributed by atoms with Crippen LogP contribution in [0.1, 0.15) is 27.7 Å². The minimum absolute atomic E-state index is 0.410. The van der Waals surface area contributed by atoms with Gasteiger partial charge in [-0.25, -0.2) is 5.43 Å². The molecule has 0 amide bonds. The number of aryl methyl sites for hydroxylation is 1. The average Bonchev–Trinajstić information content (AvgIpc) is 2.76. The largest absolute Gasteiger partial charge is 0.417 e. The molecule has 0 aromatic carbocycles. The van der Waals surface area contributed by atoms with E-state index in [9.17, 15) is 13.2 Å². The first-order valence-corrected chi connectivity index (χ1v) is 6.34. The van der Waals surface area contributed by atoms with Gasteiger partial charge in [0.2, 0.25) is 0 Å². The first-order valence-electron chi connectivity index (χ1n) is 5.46. The van der Waals surface area contributed by atoms with Crippen molar-refractivity contribution in [2.45, 2.75) is 19.1 Å². The number of nitrogens with two attached hydrogens (primary N) is 1. The molecule has 102 valence electrons. The molecule has 19 heavy (non-hydrogen) atoms. The van der Waals surface area contributed by atoms with E-state index in [0.717, 1.165) is 22.7 Å². The van der Waals surface area contributed by atoms with Gasteiger partial charge < -0.3 is 0 Å². The lowest BCUT2D eigenvalue weighted by Gasteiger charge is -2.15. The van der Waals surface area contributed by atoms with Gasteiger partial charge in [0.15, 0.2) is 0 Å². The number of hydrogen-bond acceptors (Lipinski definition) is 4. The van der Waals surface area contributed by atoms with E-state index < -0.39 is 17.8 Å². The SMILES string of the molecule is Cc1cc(C(NN)c2ccc(C(F)(F)F)cn2)cs1. The summed E-state index contributed by atoms with van der Waals surface area (Å²) in [6.07, 6.45) is -3.56. The molecular formula is C12H12F3N3S. The Morgan fingerprint density at radius 3 is 2.53 bits per heavy atom. The van der Waals surface area contributed by atoms with Gasteiger partial charge in [-0.1, -0.05) is 0 Å². The predicted octanol–water partition coefficient (Wildman–Crippen LogP) is 3.02. The molecule has 1 atom stereocenters. The van der Waals surface area contributed by atoms with Crippen LogP contribution in [0.3, 0.4) is 0 Å². The van der Waals surface area contributed by atoms with Gasteiger partial charge in [-0.3, -0.25) is 10.8 Å². The highest BCUT2D eigenvalue weighted by Crippen LogP contribution is 2.30. The lowest BCUT2D eigenvalue weighted by atomic mass is 10.1. The maximum Gasteiger partial charge on any atom is 0.417 e. The van der Waals surface area contributed by atoms with Crippen LogP contribution in [0.2, 0.25) is 0 Å². The standard InChI is InChI=1S/C12H12F3N3S/c1-7-4-8(6-19-7)11(18-16)10-3-2-9(5-17-10)12(13,14)15/h2-6,11,18H,16H2,1H3. The van der Waals surface area contributed by atoms with E-state index in [2.05, 4.69) is 10.4 Å². The van der Waals surface area contributed by atoms with Crippen molar-refractivity contribution in [3.05, 3.63) is 51.5 Å². The molecule has 0 spiro atoms. The summed E-state index contributed by atoms with van der Waals surface area (Å²) in [7, 11) is 0. The molecule has 0 radical (unpaired) electrons. The van der Waals surface area contributed by atoms with Crippen LogP contribution in [0.15, 0.2) is 29.8 Å². The summed E-state index contributed by atoms with van der Waals surface area (Å²) < 4.78 is 37.4. The molecule has 2 heterocycles. The molecule has 3 nitrogen and oxygen atoms in total. The van der Waals surface area contributed by atoms with Gasteiger partial charge in [-0.05, 0) is 36.1 Å². The highest BCUT2D eigenvalue weighted by Gasteiger charge is 2.31. The van der Waals surface area contributed by atoms with E-state index in [0.29, 0.717) is 5.69 Å². The quantitative estimate of drug-likeness (QED) is 0.674. The van der Waals surface area contributed by atoms with Crippen molar-refractivity contribution in [1.29, 1.82) is 0 Å². The molecule has 0 aliphatic carbocycles. The Labute approximate surface area is 112 Å². The number of halogens is 3. The second kappa shape index (κ2) is 5.28. The van der Waals surface area contributed by atoms with Crippen molar-refractivity contribution in [1.82, 2.24) is 10.4 Å². The molecule has 0 saturated carbocycles. The van der Waals surface area contributed by atoms with Crippen LogP contribution < -0.4 is 11.3 Å². The van der Waals surface area contributed by atoms with Gasteiger partial charge in [-0.15, -0.1) is 11.3 Å². The van der Waals surface area contributed by atoms with Gasteiger partial charge in [0, 0.05) is 11.1 Å². The van der Waals surface area contributed by atoms with Crippen molar-refractivity contribution in [3.8, 4) is 0 Å². The third kappa shape index (κ3) is 3.12. The molecule has 2 aromatic rings.